The van der Waals surface area contributed by atoms with Crippen LogP contribution in [0.25, 0.3) is 0 Å². The van der Waals surface area contributed by atoms with Crippen LogP contribution in [0, 0.1) is 18.8 Å². The molecule has 11 heteroatoms. The van der Waals surface area contributed by atoms with E-state index in [4.69, 9.17) is 24.7 Å². The molecule has 5 rings (SSSR count). The number of rotatable bonds is 20. The Hall–Kier alpha value is -3.54. The molecule has 1 aliphatic carbocycles. The van der Waals surface area contributed by atoms with Gasteiger partial charge in [0, 0.05) is 24.8 Å². The van der Waals surface area contributed by atoms with Crippen LogP contribution in [0.2, 0.25) is 0 Å². The summed E-state index contributed by atoms with van der Waals surface area (Å²) in [6.07, 6.45) is 11.2. The van der Waals surface area contributed by atoms with Crippen molar-refractivity contribution in [1.82, 2.24) is 16.0 Å². The summed E-state index contributed by atoms with van der Waals surface area (Å²) in [5, 5.41) is 20.7. The second-order valence-electron chi connectivity index (χ2n) is 13.3. The second-order valence-corrected chi connectivity index (χ2v) is 13.3. The molecule has 264 valence electrons. The summed E-state index contributed by atoms with van der Waals surface area (Å²) >= 11 is 0. The first kappa shape index (κ1) is 35.8. The van der Waals surface area contributed by atoms with Crippen molar-refractivity contribution >= 4 is 11.9 Å². The maximum absolute atomic E-state index is 13.3. The van der Waals surface area contributed by atoms with Gasteiger partial charge in [-0.05, 0) is 99.2 Å². The number of carbonyl (C=O) groups is 2. The van der Waals surface area contributed by atoms with Gasteiger partial charge in [-0.1, -0.05) is 38.2 Å². The van der Waals surface area contributed by atoms with Crippen LogP contribution < -0.4 is 35.9 Å². The minimum Gasteiger partial charge on any atom is -0.504 e. The Morgan fingerprint density at radius 1 is 0.875 bits per heavy atom. The first-order valence-electron chi connectivity index (χ1n) is 17.8. The second kappa shape index (κ2) is 17.7. The minimum atomic E-state index is -0.530. The number of cyclic esters (lactones) is 1. The van der Waals surface area contributed by atoms with E-state index in [2.05, 4.69) is 16.0 Å². The van der Waals surface area contributed by atoms with Gasteiger partial charge in [-0.25, -0.2) is 0 Å². The van der Waals surface area contributed by atoms with Gasteiger partial charge in [-0.3, -0.25) is 9.59 Å². The molecule has 0 saturated carbocycles. The number of aryl methyl sites for hydroxylation is 1. The third kappa shape index (κ3) is 8.73. The average Bonchev–Trinajstić information content (AvgIpc) is 3.71. The third-order valence-corrected chi connectivity index (χ3v) is 9.91. The molecule has 1 saturated heterocycles. The predicted octanol–water partition coefficient (Wildman–Crippen LogP) is 4.57. The molecule has 4 atom stereocenters. The Kier molecular flexibility index (Phi) is 13.2. The molecule has 1 unspecified atom stereocenters. The van der Waals surface area contributed by atoms with Gasteiger partial charge in [-0.15, -0.1) is 0 Å². The number of phenols is 1. The summed E-state index contributed by atoms with van der Waals surface area (Å²) in [5.41, 5.74) is 8.75. The van der Waals surface area contributed by atoms with Crippen LogP contribution in [0.15, 0.2) is 24.3 Å². The van der Waals surface area contributed by atoms with Crippen LogP contribution in [-0.2, 0) is 14.3 Å². The van der Waals surface area contributed by atoms with E-state index >= 15 is 0 Å². The standard InChI is InChI=1S/C37H54N4O7/c1-24-18-25(19-31(45-2)36(24)43)33-26-20-29-30(48-23-47-29)21-27(26)35(28-22-46-37(44)34(28)33)41-32(42)12-17-40-15-10-7-5-3-4-6-9-14-39-16-11-8-13-38/h18-21,28,33-35,39-40,43H,3-17,22-23,38H2,1-2H3,(H,41,42)/t28-,33?,34-,35+/m0/s1. The highest BCUT2D eigenvalue weighted by Crippen LogP contribution is 2.55. The van der Waals surface area contributed by atoms with Gasteiger partial charge in [0.05, 0.1) is 25.7 Å². The number of carbonyl (C=O) groups excluding carboxylic acids is 2. The van der Waals surface area contributed by atoms with Crippen molar-refractivity contribution in [2.24, 2.45) is 17.6 Å². The van der Waals surface area contributed by atoms with E-state index in [1.807, 2.05) is 18.2 Å². The van der Waals surface area contributed by atoms with Crippen molar-refractivity contribution in [2.45, 2.75) is 83.1 Å². The van der Waals surface area contributed by atoms with Crippen molar-refractivity contribution in [2.75, 3.05) is 53.2 Å². The Bertz CT molecular complexity index is 1390. The first-order valence-corrected chi connectivity index (χ1v) is 17.8. The van der Waals surface area contributed by atoms with E-state index in [-0.39, 0.29) is 42.9 Å². The number of ether oxygens (including phenoxy) is 4. The summed E-state index contributed by atoms with van der Waals surface area (Å²) in [6, 6.07) is 7.08. The molecule has 0 bridgehead atoms. The molecule has 0 aromatic heterocycles. The zero-order valence-electron chi connectivity index (χ0n) is 28.6. The molecule has 6 N–H and O–H groups in total. The fraction of sp³-hybridized carbons (Fsp3) is 0.622. The Labute approximate surface area is 284 Å². The number of nitrogens with two attached hydrogens (primary N) is 1. The van der Waals surface area contributed by atoms with Gasteiger partial charge in [-0.2, -0.15) is 0 Å². The lowest BCUT2D eigenvalue weighted by Gasteiger charge is -2.39. The van der Waals surface area contributed by atoms with Gasteiger partial charge in [0.2, 0.25) is 12.7 Å². The number of benzene rings is 2. The number of fused-ring (bicyclic) bond motifs is 3. The summed E-state index contributed by atoms with van der Waals surface area (Å²) in [6.45, 7) is 6.55. The quantitative estimate of drug-likeness (QED) is 0.100. The number of unbranched alkanes of at least 4 members (excludes halogenated alkanes) is 7. The molecular formula is C37H54N4O7. The van der Waals surface area contributed by atoms with Crippen molar-refractivity contribution in [3.05, 3.63) is 46.5 Å². The third-order valence-electron chi connectivity index (χ3n) is 9.91. The first-order chi connectivity index (χ1) is 23.4. The van der Waals surface area contributed by atoms with Crippen molar-refractivity contribution < 1.29 is 33.6 Å². The Balaban J connectivity index is 1.12. The number of nitrogens with one attached hydrogen (secondary N) is 3. The SMILES string of the molecule is COc1cc(C2c3cc4c(cc3[C@@H](NC(=O)CCNCCCCCCCCCNCCCCN)[C@H]3COC(=O)[C@H]23)OCO4)cc(C)c1O. The molecule has 0 spiro atoms. The average molecular weight is 667 g/mol. The van der Waals surface area contributed by atoms with Crippen LogP contribution in [0.3, 0.4) is 0 Å². The maximum Gasteiger partial charge on any atom is 0.310 e. The molecule has 2 heterocycles. The summed E-state index contributed by atoms with van der Waals surface area (Å²) in [7, 11) is 1.51. The van der Waals surface area contributed by atoms with Gasteiger partial charge >= 0.3 is 5.97 Å². The lowest BCUT2D eigenvalue weighted by atomic mass is 9.65. The van der Waals surface area contributed by atoms with Crippen LogP contribution in [-0.4, -0.2) is 70.2 Å². The number of phenolic OH excluding ortho intramolecular Hbond substituents is 1. The molecule has 1 fully saturated rings. The van der Waals surface area contributed by atoms with Gasteiger partial charge < -0.3 is 45.7 Å². The maximum atomic E-state index is 13.3. The molecular weight excluding hydrogens is 612 g/mol. The number of hydrogen-bond donors (Lipinski definition) is 5. The number of hydrogen-bond acceptors (Lipinski definition) is 10. The van der Waals surface area contributed by atoms with Crippen LogP contribution in [0.1, 0.15) is 98.4 Å². The van der Waals surface area contributed by atoms with Crippen LogP contribution in [0.5, 0.6) is 23.0 Å². The molecule has 48 heavy (non-hydrogen) atoms. The van der Waals surface area contributed by atoms with Gasteiger partial charge in [0.1, 0.15) is 0 Å². The minimum absolute atomic E-state index is 0.0663. The van der Waals surface area contributed by atoms with Crippen molar-refractivity contribution in [1.29, 1.82) is 0 Å². The molecule has 2 aromatic carbocycles. The summed E-state index contributed by atoms with van der Waals surface area (Å²) in [5.74, 6) is 0.0519. The van der Waals surface area contributed by atoms with Gasteiger partial charge in [0.15, 0.2) is 23.0 Å². The van der Waals surface area contributed by atoms with E-state index in [0.29, 0.717) is 35.8 Å². The van der Waals surface area contributed by atoms with Gasteiger partial charge in [0.25, 0.3) is 0 Å². The largest absolute Gasteiger partial charge is 0.504 e. The highest BCUT2D eigenvalue weighted by Gasteiger charge is 2.53. The lowest BCUT2D eigenvalue weighted by Crippen LogP contribution is -2.43. The van der Waals surface area contributed by atoms with E-state index < -0.39 is 12.0 Å². The zero-order chi connectivity index (χ0) is 33.9. The number of methoxy groups -OCH3 is 1. The van der Waals surface area contributed by atoms with Crippen molar-refractivity contribution in [3.8, 4) is 23.0 Å². The smallest absolute Gasteiger partial charge is 0.310 e. The van der Waals surface area contributed by atoms with E-state index in [0.717, 1.165) is 62.1 Å². The van der Waals surface area contributed by atoms with Crippen LogP contribution >= 0.6 is 0 Å². The molecule has 0 radical (unpaired) electrons. The fourth-order valence-electron chi connectivity index (χ4n) is 7.33. The number of amides is 1. The van der Waals surface area contributed by atoms with Crippen molar-refractivity contribution in [3.63, 3.8) is 0 Å². The van der Waals surface area contributed by atoms with E-state index in [1.54, 1.807) is 13.0 Å². The molecule has 2 aliphatic heterocycles. The Morgan fingerprint density at radius 3 is 2.17 bits per heavy atom. The summed E-state index contributed by atoms with van der Waals surface area (Å²) < 4.78 is 22.6. The highest BCUT2D eigenvalue weighted by molar-refractivity contribution is 5.81. The molecule has 1 amide bonds. The zero-order valence-corrected chi connectivity index (χ0v) is 28.6. The Morgan fingerprint density at radius 2 is 1.50 bits per heavy atom. The molecule has 11 nitrogen and oxygen atoms in total. The highest BCUT2D eigenvalue weighted by atomic mass is 16.7. The normalized spacial score (nSPS) is 20.7. The fourth-order valence-corrected chi connectivity index (χ4v) is 7.33. The number of aromatic hydroxyl groups is 1. The lowest BCUT2D eigenvalue weighted by molar-refractivity contribution is -0.141. The van der Waals surface area contributed by atoms with E-state index in [1.165, 1.54) is 45.6 Å². The topological polar surface area (TPSA) is 153 Å². The molecule has 2 aromatic rings. The van der Waals surface area contributed by atoms with E-state index in [9.17, 15) is 14.7 Å². The molecule has 3 aliphatic rings. The predicted molar refractivity (Wildman–Crippen MR) is 184 cm³/mol. The van der Waals surface area contributed by atoms with Crippen LogP contribution in [0.4, 0.5) is 0 Å². The number of esters is 1. The summed E-state index contributed by atoms with van der Waals surface area (Å²) in [4.78, 5) is 26.6. The monoisotopic (exact) mass is 666 g/mol.